The molecule has 0 atom stereocenters. The molecule has 4 rings (SSSR count). The molecule has 0 aliphatic carbocycles. The van der Waals surface area contributed by atoms with E-state index in [1.54, 1.807) is 0 Å². The lowest BCUT2D eigenvalue weighted by molar-refractivity contribution is -0.113. The third-order valence-electron chi connectivity index (χ3n) is 6.39. The van der Waals surface area contributed by atoms with Crippen molar-refractivity contribution in [2.24, 2.45) is 5.92 Å². The van der Waals surface area contributed by atoms with E-state index in [2.05, 4.69) is 17.1 Å². The Balaban J connectivity index is 1.50. The second-order valence-electron chi connectivity index (χ2n) is 8.90. The van der Waals surface area contributed by atoms with Crippen molar-refractivity contribution in [3.63, 3.8) is 0 Å². The Kier molecular flexibility index (Phi) is 7.74. The zero-order valence-electron chi connectivity index (χ0n) is 18.9. The van der Waals surface area contributed by atoms with E-state index in [-0.39, 0.29) is 11.8 Å². The molecule has 0 radical (unpaired) electrons. The summed E-state index contributed by atoms with van der Waals surface area (Å²) in [5, 5.41) is 3.00. The van der Waals surface area contributed by atoms with Gasteiger partial charge in [-0.15, -0.1) is 11.8 Å². The van der Waals surface area contributed by atoms with Gasteiger partial charge in [0.15, 0.2) is 0 Å². The quantitative estimate of drug-likeness (QED) is 0.607. The van der Waals surface area contributed by atoms with Gasteiger partial charge in [0.1, 0.15) is 0 Å². The zero-order valence-corrected chi connectivity index (χ0v) is 19.7. The lowest BCUT2D eigenvalue weighted by Crippen LogP contribution is -2.38. The van der Waals surface area contributed by atoms with Crippen LogP contribution in [0.3, 0.4) is 0 Å². The van der Waals surface area contributed by atoms with Crippen molar-refractivity contribution in [2.45, 2.75) is 43.9 Å². The first kappa shape index (κ1) is 22.7. The van der Waals surface area contributed by atoms with E-state index in [0.717, 1.165) is 73.9 Å². The number of nitrogens with zero attached hydrogens (tertiary/aromatic N) is 2. The van der Waals surface area contributed by atoms with E-state index in [0.29, 0.717) is 11.4 Å². The fraction of sp³-hybridized carbons (Fsp3) is 0.462. The molecule has 0 unspecified atom stereocenters. The summed E-state index contributed by atoms with van der Waals surface area (Å²) < 4.78 is 0. The average Bonchev–Trinajstić information content (AvgIpc) is 2.84. The van der Waals surface area contributed by atoms with Crippen LogP contribution in [-0.4, -0.2) is 48.6 Å². The second-order valence-corrected chi connectivity index (χ2v) is 9.95. The number of rotatable bonds is 6. The number of benzene rings is 2. The molecule has 2 saturated heterocycles. The maximum absolute atomic E-state index is 13.5. The van der Waals surface area contributed by atoms with Gasteiger partial charge >= 0.3 is 0 Å². The molecule has 2 heterocycles. The van der Waals surface area contributed by atoms with Crippen LogP contribution in [0.25, 0.3) is 0 Å². The summed E-state index contributed by atoms with van der Waals surface area (Å²) >= 11 is 1.51. The standard InChI is InChI=1S/C26H33N3O2S/c1-20-12-16-28(17-13-20)24-11-10-21(18-23(24)26(31)29-14-6-3-7-15-29)27-25(30)19-32-22-8-4-2-5-9-22/h2,4-5,8-11,18,20H,3,6-7,12-17,19H2,1H3,(H,27,30). The highest BCUT2D eigenvalue weighted by atomic mass is 32.2. The van der Waals surface area contributed by atoms with E-state index >= 15 is 0 Å². The van der Waals surface area contributed by atoms with Crippen molar-refractivity contribution in [2.75, 3.05) is 42.1 Å². The molecule has 2 aliphatic rings. The van der Waals surface area contributed by atoms with Gasteiger partial charge in [-0.2, -0.15) is 0 Å². The highest BCUT2D eigenvalue weighted by molar-refractivity contribution is 8.00. The van der Waals surface area contributed by atoms with Crippen LogP contribution in [-0.2, 0) is 4.79 Å². The van der Waals surface area contributed by atoms with Gasteiger partial charge in [0.2, 0.25) is 5.91 Å². The predicted octanol–water partition coefficient (Wildman–Crippen LogP) is 5.28. The third-order valence-corrected chi connectivity index (χ3v) is 7.40. The van der Waals surface area contributed by atoms with Crippen LogP contribution in [0.5, 0.6) is 0 Å². The Morgan fingerprint density at radius 2 is 1.69 bits per heavy atom. The molecular formula is C26H33N3O2S. The highest BCUT2D eigenvalue weighted by Gasteiger charge is 2.25. The Morgan fingerprint density at radius 1 is 0.969 bits per heavy atom. The summed E-state index contributed by atoms with van der Waals surface area (Å²) in [6, 6.07) is 15.8. The van der Waals surface area contributed by atoms with Crippen molar-refractivity contribution in [1.82, 2.24) is 4.90 Å². The smallest absolute Gasteiger partial charge is 0.256 e. The largest absolute Gasteiger partial charge is 0.371 e. The monoisotopic (exact) mass is 451 g/mol. The molecule has 5 nitrogen and oxygen atoms in total. The second kappa shape index (κ2) is 10.9. The summed E-state index contributed by atoms with van der Waals surface area (Å²) in [7, 11) is 0. The Hall–Kier alpha value is -2.47. The number of carbonyl (C=O) groups excluding carboxylic acids is 2. The molecule has 32 heavy (non-hydrogen) atoms. The van der Waals surface area contributed by atoms with Gasteiger partial charge in [0.25, 0.3) is 5.91 Å². The molecule has 2 aliphatic heterocycles. The molecule has 0 bridgehead atoms. The van der Waals surface area contributed by atoms with Gasteiger partial charge in [0.05, 0.1) is 11.3 Å². The first-order valence-electron chi connectivity index (χ1n) is 11.8. The molecule has 1 N–H and O–H groups in total. The van der Waals surface area contributed by atoms with Crippen LogP contribution >= 0.6 is 11.8 Å². The normalized spacial score (nSPS) is 17.3. The number of anilines is 2. The van der Waals surface area contributed by atoms with Crippen LogP contribution in [0, 0.1) is 5.92 Å². The SMILES string of the molecule is CC1CCN(c2ccc(NC(=O)CSc3ccccc3)cc2C(=O)N2CCCCC2)CC1. The zero-order chi connectivity index (χ0) is 22.3. The lowest BCUT2D eigenvalue weighted by Gasteiger charge is -2.35. The Labute approximate surface area is 195 Å². The first-order valence-corrected chi connectivity index (χ1v) is 12.7. The number of thioether (sulfide) groups is 1. The Bertz CT molecular complexity index is 920. The fourth-order valence-corrected chi connectivity index (χ4v) is 5.16. The number of amides is 2. The summed E-state index contributed by atoms with van der Waals surface area (Å²) in [4.78, 5) is 31.4. The maximum atomic E-state index is 13.5. The minimum absolute atomic E-state index is 0.0604. The van der Waals surface area contributed by atoms with Gasteiger partial charge in [-0.05, 0) is 68.4 Å². The minimum atomic E-state index is -0.0604. The third kappa shape index (κ3) is 5.85. The molecule has 0 spiro atoms. The number of carbonyl (C=O) groups is 2. The molecule has 2 aromatic carbocycles. The van der Waals surface area contributed by atoms with E-state index in [4.69, 9.17) is 0 Å². The lowest BCUT2D eigenvalue weighted by atomic mass is 9.97. The first-order chi connectivity index (χ1) is 15.6. The van der Waals surface area contributed by atoms with E-state index in [9.17, 15) is 9.59 Å². The predicted molar refractivity (Wildman–Crippen MR) is 133 cm³/mol. The molecule has 2 fully saturated rings. The molecule has 2 amide bonds. The number of hydrogen-bond acceptors (Lipinski definition) is 4. The highest BCUT2D eigenvalue weighted by Crippen LogP contribution is 2.30. The number of nitrogens with one attached hydrogen (secondary N) is 1. The van der Waals surface area contributed by atoms with E-state index in [1.165, 1.54) is 18.2 Å². The summed E-state index contributed by atoms with van der Waals surface area (Å²) in [6.07, 6.45) is 5.61. The molecule has 0 aromatic heterocycles. The summed E-state index contributed by atoms with van der Waals surface area (Å²) in [5.41, 5.74) is 2.41. The summed E-state index contributed by atoms with van der Waals surface area (Å²) in [5.74, 6) is 1.10. The molecule has 170 valence electrons. The van der Waals surface area contributed by atoms with Gasteiger partial charge in [0, 0.05) is 42.4 Å². The van der Waals surface area contributed by atoms with Crippen LogP contribution in [0.1, 0.15) is 49.4 Å². The van der Waals surface area contributed by atoms with Crippen LogP contribution in [0.4, 0.5) is 11.4 Å². The molecule has 6 heteroatoms. The number of hydrogen-bond donors (Lipinski definition) is 1. The average molecular weight is 452 g/mol. The molecule has 0 saturated carbocycles. The Morgan fingerprint density at radius 3 is 2.41 bits per heavy atom. The van der Waals surface area contributed by atoms with E-state index < -0.39 is 0 Å². The van der Waals surface area contributed by atoms with Gasteiger partial charge < -0.3 is 15.1 Å². The van der Waals surface area contributed by atoms with Crippen LogP contribution in [0.2, 0.25) is 0 Å². The molecular weight excluding hydrogens is 418 g/mol. The maximum Gasteiger partial charge on any atom is 0.256 e. The summed E-state index contributed by atoms with van der Waals surface area (Å²) in [6.45, 7) is 5.88. The number of piperidine rings is 2. The van der Waals surface area contributed by atoms with Gasteiger partial charge in [-0.3, -0.25) is 9.59 Å². The van der Waals surface area contributed by atoms with Gasteiger partial charge in [-0.1, -0.05) is 25.1 Å². The number of likely N-dealkylation sites (tertiary alicyclic amines) is 1. The van der Waals surface area contributed by atoms with Crippen LogP contribution in [0.15, 0.2) is 53.4 Å². The van der Waals surface area contributed by atoms with Crippen molar-refractivity contribution in [1.29, 1.82) is 0 Å². The minimum Gasteiger partial charge on any atom is -0.371 e. The van der Waals surface area contributed by atoms with Crippen LogP contribution < -0.4 is 10.2 Å². The van der Waals surface area contributed by atoms with Crippen molar-refractivity contribution in [3.8, 4) is 0 Å². The van der Waals surface area contributed by atoms with Gasteiger partial charge in [-0.25, -0.2) is 0 Å². The van der Waals surface area contributed by atoms with Crippen molar-refractivity contribution >= 4 is 35.0 Å². The van der Waals surface area contributed by atoms with Crippen molar-refractivity contribution < 1.29 is 9.59 Å². The molecule has 2 aromatic rings. The fourth-order valence-electron chi connectivity index (χ4n) is 4.44. The van der Waals surface area contributed by atoms with E-state index in [1.807, 2.05) is 53.4 Å². The van der Waals surface area contributed by atoms with Crippen molar-refractivity contribution in [3.05, 3.63) is 54.1 Å². The topological polar surface area (TPSA) is 52.7 Å².